The molecule has 3 heterocycles. The second kappa shape index (κ2) is 14.8. The van der Waals surface area contributed by atoms with Crippen LogP contribution in [0, 0.1) is 5.92 Å². The molecule has 0 aliphatic carbocycles. The first-order chi connectivity index (χ1) is 23.3. The van der Waals surface area contributed by atoms with Gasteiger partial charge in [-0.15, -0.1) is 5.10 Å². The molecule has 3 atom stereocenters. The summed E-state index contributed by atoms with van der Waals surface area (Å²) in [7, 11) is 0. The summed E-state index contributed by atoms with van der Waals surface area (Å²) in [6.07, 6.45) is 10.9. The van der Waals surface area contributed by atoms with Gasteiger partial charge < -0.3 is 20.0 Å². The highest BCUT2D eigenvalue weighted by Crippen LogP contribution is 2.46. The Morgan fingerprint density at radius 1 is 1.00 bits per heavy atom. The van der Waals surface area contributed by atoms with E-state index < -0.39 is 17.4 Å². The third-order valence-corrected chi connectivity index (χ3v) is 9.78. The number of aliphatic hydroxyl groups excluding tert-OH is 1. The Hall–Kier alpha value is -4.31. The fourth-order valence-corrected chi connectivity index (χ4v) is 6.93. The van der Waals surface area contributed by atoms with E-state index in [4.69, 9.17) is 11.6 Å². The lowest BCUT2D eigenvalue weighted by Crippen LogP contribution is -2.44. The maximum absolute atomic E-state index is 14.0. The monoisotopic (exact) mass is 667 g/mol. The van der Waals surface area contributed by atoms with Crippen molar-refractivity contribution < 1.29 is 19.8 Å². The second-order valence-electron chi connectivity index (χ2n) is 12.8. The van der Waals surface area contributed by atoms with E-state index in [9.17, 15) is 19.8 Å². The first kappa shape index (κ1) is 33.6. The third-order valence-electron chi connectivity index (χ3n) is 9.55. The molecule has 1 unspecified atom stereocenters. The predicted molar refractivity (Wildman–Crippen MR) is 187 cm³/mol. The Bertz CT molecular complexity index is 1760. The highest BCUT2D eigenvalue weighted by atomic mass is 35.5. The molecule has 3 aromatic carbocycles. The topological polar surface area (TPSA) is 112 Å². The van der Waals surface area contributed by atoms with Gasteiger partial charge in [-0.2, -0.15) is 0 Å². The van der Waals surface area contributed by atoms with Gasteiger partial charge in [-0.3, -0.25) is 14.3 Å². The lowest BCUT2D eigenvalue weighted by atomic mass is 9.83. The van der Waals surface area contributed by atoms with Crippen molar-refractivity contribution in [1.82, 2.24) is 15.0 Å². The number of aryl methyl sites for hydroxylation is 1. The fourth-order valence-electron chi connectivity index (χ4n) is 6.76. The number of nitrogens with zero attached hydrogens (tertiary/aromatic N) is 5. The maximum Gasteiger partial charge on any atom is 0.264 e. The van der Waals surface area contributed by atoms with E-state index in [2.05, 4.69) is 10.3 Å². The number of rotatable bonds is 11. The van der Waals surface area contributed by atoms with Gasteiger partial charge in [0.15, 0.2) is 5.60 Å². The molecule has 1 aromatic heterocycles. The molecule has 1 saturated heterocycles. The molecule has 250 valence electrons. The molecule has 0 radical (unpaired) electrons. The molecule has 2 aliphatic heterocycles. The molecule has 9 nitrogen and oxygen atoms in total. The minimum Gasteiger partial charge on any atom is -0.395 e. The number of aromatic nitrogens is 3. The zero-order valence-electron chi connectivity index (χ0n) is 27.2. The number of anilines is 2. The van der Waals surface area contributed by atoms with Crippen LogP contribution in [0.4, 0.5) is 11.4 Å². The van der Waals surface area contributed by atoms with Gasteiger partial charge in [0.1, 0.15) is 0 Å². The fraction of sp³-hybridized carbons (Fsp3) is 0.368. The number of hydrogen-bond acceptors (Lipinski definition) is 6. The van der Waals surface area contributed by atoms with Gasteiger partial charge in [-0.25, -0.2) is 0 Å². The molecule has 2 aliphatic rings. The van der Waals surface area contributed by atoms with E-state index in [1.54, 1.807) is 27.8 Å². The zero-order valence-corrected chi connectivity index (χ0v) is 28.0. The van der Waals surface area contributed by atoms with Crippen LogP contribution < -0.4 is 9.80 Å². The number of benzene rings is 3. The van der Waals surface area contributed by atoms with Crippen molar-refractivity contribution in [3.8, 4) is 0 Å². The van der Waals surface area contributed by atoms with Gasteiger partial charge in [0.05, 0.1) is 30.5 Å². The Morgan fingerprint density at radius 3 is 2.54 bits per heavy atom. The first-order valence-corrected chi connectivity index (χ1v) is 17.1. The van der Waals surface area contributed by atoms with Gasteiger partial charge in [0, 0.05) is 47.9 Å². The van der Waals surface area contributed by atoms with Crippen LogP contribution in [0.25, 0.3) is 0 Å². The van der Waals surface area contributed by atoms with E-state index in [0.717, 1.165) is 42.5 Å². The van der Waals surface area contributed by atoms with E-state index in [0.29, 0.717) is 47.9 Å². The standard InChI is InChI=1S/C38H42ClN5O4/c1-27(11-8-10-21-42-25-34(40-41-42)32(26-45)29-12-5-4-6-13-29)38(48)33-23-30(39)17-20-35(33)44(37(38)47)24-28-15-18-31(19-16-28)43-22-9-3-2-7-14-36(43)46/h4-6,8,11-13,15-20,23,25,27,32,45,48H,2-3,7,9-10,14,21-22,24,26H2,1H3/b11-8+/t27-,32?,38+/m1/s1. The summed E-state index contributed by atoms with van der Waals surface area (Å²) in [6.45, 7) is 3.29. The Kier molecular flexibility index (Phi) is 10.4. The lowest BCUT2D eigenvalue weighted by molar-refractivity contribution is -0.139. The first-order valence-electron chi connectivity index (χ1n) is 16.8. The van der Waals surface area contributed by atoms with Crippen molar-refractivity contribution in [2.45, 2.75) is 70.1 Å². The molecule has 0 bridgehead atoms. The van der Waals surface area contributed by atoms with E-state index in [1.807, 2.05) is 84.8 Å². The Labute approximate surface area is 286 Å². The van der Waals surface area contributed by atoms with Crippen molar-refractivity contribution in [3.05, 3.63) is 119 Å². The van der Waals surface area contributed by atoms with Crippen LogP contribution in [0.3, 0.4) is 0 Å². The van der Waals surface area contributed by atoms with Crippen molar-refractivity contribution in [3.63, 3.8) is 0 Å². The van der Waals surface area contributed by atoms with E-state index in [1.165, 1.54) is 0 Å². The average molecular weight is 668 g/mol. The van der Waals surface area contributed by atoms with Crippen LogP contribution in [0.2, 0.25) is 5.02 Å². The van der Waals surface area contributed by atoms with E-state index in [-0.39, 0.29) is 25.0 Å². The van der Waals surface area contributed by atoms with E-state index >= 15 is 0 Å². The van der Waals surface area contributed by atoms with Crippen LogP contribution in [0.5, 0.6) is 0 Å². The minimum atomic E-state index is -1.79. The van der Waals surface area contributed by atoms with Gasteiger partial charge in [0.2, 0.25) is 5.91 Å². The van der Waals surface area contributed by atoms with Gasteiger partial charge in [-0.1, -0.05) is 91.2 Å². The quantitative estimate of drug-likeness (QED) is 0.180. The summed E-state index contributed by atoms with van der Waals surface area (Å²) >= 11 is 6.38. The Balaban J connectivity index is 1.13. The maximum atomic E-state index is 14.0. The largest absolute Gasteiger partial charge is 0.395 e. The molecular weight excluding hydrogens is 626 g/mol. The second-order valence-corrected chi connectivity index (χ2v) is 13.2. The molecule has 0 saturated carbocycles. The highest BCUT2D eigenvalue weighted by molar-refractivity contribution is 6.31. The number of carbonyl (C=O) groups excluding carboxylic acids is 2. The lowest BCUT2D eigenvalue weighted by Gasteiger charge is -2.28. The van der Waals surface area contributed by atoms with Crippen LogP contribution in [0.15, 0.2) is 91.1 Å². The van der Waals surface area contributed by atoms with Gasteiger partial charge >= 0.3 is 0 Å². The average Bonchev–Trinajstić information content (AvgIpc) is 3.63. The highest BCUT2D eigenvalue weighted by Gasteiger charge is 2.52. The molecule has 1 fully saturated rings. The van der Waals surface area contributed by atoms with Crippen LogP contribution in [0.1, 0.15) is 73.8 Å². The van der Waals surface area contributed by atoms with Gasteiger partial charge in [-0.05, 0) is 60.7 Å². The Morgan fingerprint density at radius 2 is 1.77 bits per heavy atom. The molecule has 10 heteroatoms. The number of aliphatic hydroxyl groups is 2. The summed E-state index contributed by atoms with van der Waals surface area (Å²) in [6, 6.07) is 22.7. The van der Waals surface area contributed by atoms with Crippen LogP contribution in [-0.2, 0) is 28.3 Å². The molecule has 2 N–H and O–H groups in total. The number of hydrogen-bond donors (Lipinski definition) is 2. The van der Waals surface area contributed by atoms with Crippen LogP contribution >= 0.6 is 11.6 Å². The summed E-state index contributed by atoms with van der Waals surface area (Å²) in [5.74, 6) is -1.05. The molecule has 6 rings (SSSR count). The number of amides is 2. The number of fused-ring (bicyclic) bond motifs is 1. The minimum absolute atomic E-state index is 0.0693. The molecule has 2 amide bonds. The summed E-state index contributed by atoms with van der Waals surface area (Å²) in [5, 5.41) is 31.0. The SMILES string of the molecule is C[C@H](/C=C/CCn1cc(C(CO)c2ccccc2)nn1)[C@@]1(O)C(=O)N(Cc2ccc(N3CCCCCCC3=O)cc2)c2ccc(Cl)cc21. The smallest absolute Gasteiger partial charge is 0.264 e. The third kappa shape index (κ3) is 6.95. The molecule has 0 spiro atoms. The van der Waals surface area contributed by atoms with Crippen molar-refractivity contribution in [2.24, 2.45) is 5.92 Å². The molecule has 48 heavy (non-hydrogen) atoms. The zero-order chi connectivity index (χ0) is 33.7. The number of carbonyl (C=O) groups is 2. The predicted octanol–water partition coefficient (Wildman–Crippen LogP) is 6.37. The molecule has 4 aromatic rings. The van der Waals surface area contributed by atoms with Gasteiger partial charge in [0.25, 0.3) is 5.91 Å². The molecular formula is C38H42ClN5O4. The summed E-state index contributed by atoms with van der Waals surface area (Å²) in [4.78, 5) is 30.3. The number of halogens is 1. The van der Waals surface area contributed by atoms with Crippen molar-refractivity contribution in [1.29, 1.82) is 0 Å². The number of allylic oxidation sites excluding steroid dienone is 1. The van der Waals surface area contributed by atoms with Crippen LogP contribution in [-0.4, -0.2) is 50.2 Å². The normalized spacial score (nSPS) is 19.8. The van der Waals surface area contributed by atoms with Crippen molar-refractivity contribution in [2.75, 3.05) is 23.0 Å². The summed E-state index contributed by atoms with van der Waals surface area (Å²) < 4.78 is 1.73. The van der Waals surface area contributed by atoms with Crippen molar-refractivity contribution >= 4 is 34.8 Å². The summed E-state index contributed by atoms with van der Waals surface area (Å²) in [5.41, 5.74) is 2.74.